The molecule has 26 heavy (non-hydrogen) atoms. The van der Waals surface area contributed by atoms with Gasteiger partial charge >= 0.3 is 0 Å². The fourth-order valence-corrected chi connectivity index (χ4v) is 3.95. The average Bonchev–Trinajstić information content (AvgIpc) is 3.29. The minimum Gasteiger partial charge on any atom is -0.496 e. The number of para-hydroxylation sites is 1. The van der Waals surface area contributed by atoms with Crippen molar-refractivity contribution in [2.75, 3.05) is 12.4 Å². The van der Waals surface area contributed by atoms with Gasteiger partial charge in [0.25, 0.3) is 5.91 Å². The zero-order chi connectivity index (χ0) is 18.5. The summed E-state index contributed by atoms with van der Waals surface area (Å²) in [4.78, 5) is 29.9. The Kier molecular flexibility index (Phi) is 5.65. The van der Waals surface area contributed by atoms with Crippen LogP contribution in [0.25, 0.3) is 10.6 Å². The van der Waals surface area contributed by atoms with Crippen LogP contribution in [0.15, 0.2) is 41.8 Å². The molecular weight excluding hydrogens is 370 g/mol. The van der Waals surface area contributed by atoms with Crippen LogP contribution < -0.4 is 15.4 Å². The molecule has 2 heterocycles. The van der Waals surface area contributed by atoms with E-state index in [-0.39, 0.29) is 11.8 Å². The zero-order valence-corrected chi connectivity index (χ0v) is 15.9. The molecule has 6 nitrogen and oxygen atoms in total. The molecule has 3 aromatic rings. The van der Waals surface area contributed by atoms with E-state index in [9.17, 15) is 9.59 Å². The number of methoxy groups -OCH3 is 1. The summed E-state index contributed by atoms with van der Waals surface area (Å²) in [5.41, 5.74) is 1.25. The second-order valence-corrected chi connectivity index (χ2v) is 7.39. The summed E-state index contributed by atoms with van der Waals surface area (Å²) in [5.74, 6) is 0.193. The van der Waals surface area contributed by atoms with E-state index in [0.717, 1.165) is 15.4 Å². The molecule has 0 atom stereocenters. The lowest BCUT2D eigenvalue weighted by Crippen LogP contribution is -2.17. The van der Waals surface area contributed by atoms with Gasteiger partial charge in [0.1, 0.15) is 5.75 Å². The third-order valence-electron chi connectivity index (χ3n) is 3.50. The topological polar surface area (TPSA) is 80.3 Å². The Balaban J connectivity index is 1.70. The number of carbonyl (C=O) groups excluding carboxylic acids is 2. The number of anilines is 1. The van der Waals surface area contributed by atoms with Gasteiger partial charge in [0.2, 0.25) is 5.91 Å². The Morgan fingerprint density at radius 2 is 2.00 bits per heavy atom. The Hall–Kier alpha value is -2.71. The summed E-state index contributed by atoms with van der Waals surface area (Å²) in [6, 6.07) is 11.0. The van der Waals surface area contributed by atoms with E-state index in [1.54, 1.807) is 29.5 Å². The predicted octanol–water partition coefficient (Wildman–Crippen LogP) is 3.77. The second-order valence-electron chi connectivity index (χ2n) is 5.37. The normalized spacial score (nSPS) is 10.4. The Morgan fingerprint density at radius 1 is 1.19 bits per heavy atom. The molecule has 0 aliphatic carbocycles. The van der Waals surface area contributed by atoms with Crippen molar-refractivity contribution in [1.29, 1.82) is 0 Å². The van der Waals surface area contributed by atoms with Crippen molar-refractivity contribution < 1.29 is 14.3 Å². The monoisotopic (exact) mass is 387 g/mol. The molecule has 0 saturated heterocycles. The molecule has 0 radical (unpaired) electrons. The zero-order valence-electron chi connectivity index (χ0n) is 14.2. The number of rotatable bonds is 6. The van der Waals surface area contributed by atoms with Crippen LogP contribution in [0.4, 0.5) is 5.13 Å². The van der Waals surface area contributed by atoms with Gasteiger partial charge in [-0.3, -0.25) is 14.9 Å². The number of hydrogen-bond acceptors (Lipinski definition) is 6. The van der Waals surface area contributed by atoms with Crippen LogP contribution in [0.2, 0.25) is 0 Å². The molecular formula is C18H17N3O3S2. The highest BCUT2D eigenvalue weighted by atomic mass is 32.1. The summed E-state index contributed by atoms with van der Waals surface area (Å²) in [6.45, 7) is 1.99. The van der Waals surface area contributed by atoms with Crippen LogP contribution in [-0.4, -0.2) is 23.9 Å². The molecule has 0 aliphatic heterocycles. The fourth-order valence-electron chi connectivity index (χ4n) is 2.26. The van der Waals surface area contributed by atoms with Gasteiger partial charge in [-0.1, -0.05) is 12.1 Å². The molecule has 2 amide bonds. The molecule has 0 saturated carbocycles. The van der Waals surface area contributed by atoms with Gasteiger partial charge < -0.3 is 10.1 Å². The van der Waals surface area contributed by atoms with E-state index in [0.29, 0.717) is 23.0 Å². The molecule has 0 aliphatic rings. The van der Waals surface area contributed by atoms with E-state index in [4.69, 9.17) is 4.74 Å². The SMILES string of the molecule is COc1ccccc1C(=O)Nc1nc(-c2ccc(CNC(C)=O)s2)cs1. The summed E-state index contributed by atoms with van der Waals surface area (Å²) >= 11 is 2.92. The second kappa shape index (κ2) is 8.11. The summed E-state index contributed by atoms with van der Waals surface area (Å²) in [7, 11) is 1.53. The first-order chi connectivity index (χ1) is 12.6. The summed E-state index contributed by atoms with van der Waals surface area (Å²) in [6.07, 6.45) is 0. The van der Waals surface area contributed by atoms with Crippen molar-refractivity contribution in [2.24, 2.45) is 0 Å². The molecule has 8 heteroatoms. The van der Waals surface area contributed by atoms with Gasteiger partial charge in [-0.2, -0.15) is 0 Å². The molecule has 0 spiro atoms. The minimum atomic E-state index is -0.263. The van der Waals surface area contributed by atoms with Gasteiger partial charge in [-0.25, -0.2) is 4.98 Å². The van der Waals surface area contributed by atoms with E-state index in [1.165, 1.54) is 25.4 Å². The van der Waals surface area contributed by atoms with E-state index < -0.39 is 0 Å². The average molecular weight is 387 g/mol. The predicted molar refractivity (Wildman–Crippen MR) is 104 cm³/mol. The number of nitrogens with one attached hydrogen (secondary N) is 2. The fraction of sp³-hybridized carbons (Fsp3) is 0.167. The molecule has 0 fully saturated rings. The van der Waals surface area contributed by atoms with Crippen molar-refractivity contribution >= 4 is 39.6 Å². The lowest BCUT2D eigenvalue weighted by Gasteiger charge is -2.06. The molecule has 3 rings (SSSR count). The highest BCUT2D eigenvalue weighted by molar-refractivity contribution is 7.17. The lowest BCUT2D eigenvalue weighted by atomic mass is 10.2. The lowest BCUT2D eigenvalue weighted by molar-refractivity contribution is -0.119. The number of carbonyl (C=O) groups is 2. The van der Waals surface area contributed by atoms with Crippen LogP contribution in [-0.2, 0) is 11.3 Å². The first-order valence-electron chi connectivity index (χ1n) is 7.80. The maximum Gasteiger partial charge on any atom is 0.261 e. The molecule has 2 aromatic heterocycles. The number of ether oxygens (including phenoxy) is 1. The van der Waals surface area contributed by atoms with Crippen LogP contribution in [0.3, 0.4) is 0 Å². The number of benzene rings is 1. The largest absolute Gasteiger partial charge is 0.496 e. The van der Waals surface area contributed by atoms with Gasteiger partial charge in [0.15, 0.2) is 5.13 Å². The van der Waals surface area contributed by atoms with Crippen molar-refractivity contribution in [3.63, 3.8) is 0 Å². The van der Waals surface area contributed by atoms with Gasteiger partial charge in [-0.15, -0.1) is 22.7 Å². The number of hydrogen-bond donors (Lipinski definition) is 2. The van der Waals surface area contributed by atoms with Crippen LogP contribution in [0.5, 0.6) is 5.75 Å². The molecule has 0 bridgehead atoms. The van der Waals surface area contributed by atoms with Crippen LogP contribution in [0, 0.1) is 0 Å². The number of thiophene rings is 1. The Bertz CT molecular complexity index is 933. The molecule has 1 aromatic carbocycles. The van der Waals surface area contributed by atoms with Gasteiger partial charge in [-0.05, 0) is 24.3 Å². The third kappa shape index (κ3) is 4.27. The maximum atomic E-state index is 12.4. The Morgan fingerprint density at radius 3 is 2.77 bits per heavy atom. The Labute approximate surface area is 158 Å². The number of nitrogens with zero attached hydrogens (tertiary/aromatic N) is 1. The standard InChI is InChI=1S/C18H17N3O3S2/c1-11(22)19-9-12-7-8-16(26-12)14-10-25-18(20-14)21-17(23)13-5-3-4-6-15(13)24-2/h3-8,10H,9H2,1-2H3,(H,19,22)(H,20,21,23). The summed E-state index contributed by atoms with van der Waals surface area (Å²) in [5, 5.41) is 7.99. The molecule has 0 unspecified atom stereocenters. The van der Waals surface area contributed by atoms with Crippen molar-refractivity contribution in [2.45, 2.75) is 13.5 Å². The highest BCUT2D eigenvalue weighted by Crippen LogP contribution is 2.31. The van der Waals surface area contributed by atoms with Crippen molar-refractivity contribution in [1.82, 2.24) is 10.3 Å². The van der Waals surface area contributed by atoms with E-state index in [1.807, 2.05) is 23.6 Å². The highest BCUT2D eigenvalue weighted by Gasteiger charge is 2.14. The van der Waals surface area contributed by atoms with E-state index in [2.05, 4.69) is 15.6 Å². The van der Waals surface area contributed by atoms with E-state index >= 15 is 0 Å². The first kappa shape index (κ1) is 18.1. The van der Waals surface area contributed by atoms with Crippen molar-refractivity contribution in [3.05, 3.63) is 52.2 Å². The molecule has 134 valence electrons. The van der Waals surface area contributed by atoms with Gasteiger partial charge in [0.05, 0.1) is 29.8 Å². The number of amides is 2. The quantitative estimate of drug-likeness (QED) is 0.675. The number of thiazole rings is 1. The minimum absolute atomic E-state index is 0.0602. The maximum absolute atomic E-state index is 12.4. The van der Waals surface area contributed by atoms with Crippen molar-refractivity contribution in [3.8, 4) is 16.3 Å². The summed E-state index contributed by atoms with van der Waals surface area (Å²) < 4.78 is 5.22. The van der Waals surface area contributed by atoms with Crippen LogP contribution in [0.1, 0.15) is 22.2 Å². The van der Waals surface area contributed by atoms with Crippen LogP contribution >= 0.6 is 22.7 Å². The molecule has 2 N–H and O–H groups in total. The first-order valence-corrected chi connectivity index (χ1v) is 9.50. The third-order valence-corrected chi connectivity index (χ3v) is 5.37. The van der Waals surface area contributed by atoms with Gasteiger partial charge in [0, 0.05) is 17.2 Å². The smallest absolute Gasteiger partial charge is 0.261 e. The number of aromatic nitrogens is 1.